The van der Waals surface area contributed by atoms with Crippen molar-refractivity contribution in [1.29, 1.82) is 0 Å². The molecule has 2 nitrogen and oxygen atoms in total. The number of hydrogen-bond acceptors (Lipinski definition) is 1. The first-order valence-electron chi connectivity index (χ1n) is 7.50. The van der Waals surface area contributed by atoms with E-state index < -0.39 is 0 Å². The Bertz CT molecular complexity index is 135. The highest BCUT2D eigenvalue weighted by Gasteiger charge is 2.13. The lowest BCUT2D eigenvalue weighted by molar-refractivity contribution is -0.124. The molecule has 1 fully saturated rings. The second kappa shape index (κ2) is 20.8. The van der Waals surface area contributed by atoms with Crippen LogP contribution >= 0.6 is 0 Å². The van der Waals surface area contributed by atoms with Crippen molar-refractivity contribution < 1.29 is 4.79 Å². The van der Waals surface area contributed by atoms with Crippen LogP contribution in [0.5, 0.6) is 0 Å². The summed E-state index contributed by atoms with van der Waals surface area (Å²) < 4.78 is 0. The van der Waals surface area contributed by atoms with E-state index in [2.05, 4.69) is 19.2 Å². The topological polar surface area (TPSA) is 29.1 Å². The van der Waals surface area contributed by atoms with Crippen molar-refractivity contribution in [2.45, 2.75) is 80.6 Å². The van der Waals surface area contributed by atoms with E-state index in [1.165, 1.54) is 19.3 Å². The van der Waals surface area contributed by atoms with Gasteiger partial charge in [-0.25, -0.2) is 0 Å². The van der Waals surface area contributed by atoms with Gasteiger partial charge in [0.2, 0.25) is 5.91 Å². The molecule has 0 spiro atoms. The van der Waals surface area contributed by atoms with E-state index >= 15 is 0 Å². The smallest absolute Gasteiger partial charge is 0.222 e. The van der Waals surface area contributed by atoms with E-state index in [-0.39, 0.29) is 11.8 Å². The zero-order valence-electron chi connectivity index (χ0n) is 13.2. The van der Waals surface area contributed by atoms with Crippen molar-refractivity contribution in [2.75, 3.05) is 6.54 Å². The highest BCUT2D eigenvalue weighted by molar-refractivity contribution is 5.78. The van der Waals surface area contributed by atoms with Crippen LogP contribution < -0.4 is 5.32 Å². The maximum absolute atomic E-state index is 11.1. The second-order valence-corrected chi connectivity index (χ2v) is 3.75. The molecule has 1 unspecified atom stereocenters. The summed E-state index contributed by atoms with van der Waals surface area (Å²) in [5, 5.41) is 2.90. The van der Waals surface area contributed by atoms with Crippen LogP contribution in [0.25, 0.3) is 0 Å². The van der Waals surface area contributed by atoms with Crippen molar-refractivity contribution in [3.63, 3.8) is 0 Å². The number of nitrogens with one attached hydrogen (secondary N) is 1. The molecule has 1 amide bonds. The Hall–Kier alpha value is -0.530. The minimum atomic E-state index is 0.236. The van der Waals surface area contributed by atoms with Crippen molar-refractivity contribution >= 4 is 5.91 Å². The van der Waals surface area contributed by atoms with Crippen LogP contribution in [0.3, 0.4) is 0 Å². The van der Waals surface area contributed by atoms with Crippen molar-refractivity contribution in [3.05, 3.63) is 0 Å². The molecule has 1 atom stereocenters. The minimum Gasteiger partial charge on any atom is -0.356 e. The minimum absolute atomic E-state index is 0.236. The van der Waals surface area contributed by atoms with Gasteiger partial charge in [0.15, 0.2) is 0 Å². The summed E-state index contributed by atoms with van der Waals surface area (Å²) in [5.41, 5.74) is 0. The molecule has 0 aromatic heterocycles. The third-order valence-corrected chi connectivity index (χ3v) is 2.06. The fourth-order valence-electron chi connectivity index (χ4n) is 1.27. The van der Waals surface area contributed by atoms with Gasteiger partial charge in [0.1, 0.15) is 0 Å². The summed E-state index contributed by atoms with van der Waals surface area (Å²) in [4.78, 5) is 11.1. The second-order valence-electron chi connectivity index (χ2n) is 3.75. The van der Waals surface area contributed by atoms with Crippen molar-refractivity contribution in [3.8, 4) is 0 Å². The third kappa shape index (κ3) is 18.1. The lowest BCUT2D eigenvalue weighted by Gasteiger charge is -2.15. The van der Waals surface area contributed by atoms with Gasteiger partial charge in [-0.05, 0) is 12.8 Å². The van der Waals surface area contributed by atoms with Crippen LogP contribution in [-0.4, -0.2) is 12.5 Å². The van der Waals surface area contributed by atoms with Crippen molar-refractivity contribution in [2.24, 2.45) is 5.92 Å². The molecular formula is C15H35NO. The summed E-state index contributed by atoms with van der Waals surface area (Å²) in [6, 6.07) is 0. The van der Waals surface area contributed by atoms with E-state index in [0.29, 0.717) is 0 Å². The van der Waals surface area contributed by atoms with Crippen LogP contribution in [0.4, 0.5) is 0 Å². The Morgan fingerprint density at radius 1 is 1.06 bits per heavy atom. The number of carbonyl (C=O) groups is 1. The first-order valence-corrected chi connectivity index (χ1v) is 7.50. The molecular weight excluding hydrogens is 210 g/mol. The standard InChI is InChI=1S/C8H15NO.C3H8.2C2H6/c1-7-5-3-2-4-6-9-8(7)10;1-3-2;2*1-2/h7H,2-6H2,1H3,(H,9,10);3H2,1-2H3;2*1-2H3. The summed E-state index contributed by atoms with van der Waals surface area (Å²) in [6.07, 6.45) is 5.95. The average Bonchev–Trinajstić information content (AvgIpc) is 2.37. The Kier molecular flexibility index (Phi) is 26.6. The van der Waals surface area contributed by atoms with Gasteiger partial charge < -0.3 is 5.32 Å². The number of rotatable bonds is 0. The molecule has 1 aliphatic heterocycles. The molecule has 0 radical (unpaired) electrons. The Labute approximate surface area is 110 Å². The van der Waals surface area contributed by atoms with Gasteiger partial charge in [-0.2, -0.15) is 0 Å². The summed E-state index contributed by atoms with van der Waals surface area (Å²) in [5.74, 6) is 0.472. The lowest BCUT2D eigenvalue weighted by atomic mass is 10.0. The molecule has 1 N–H and O–H groups in total. The van der Waals surface area contributed by atoms with E-state index in [1.54, 1.807) is 0 Å². The fraction of sp³-hybridized carbons (Fsp3) is 0.933. The maximum atomic E-state index is 11.1. The zero-order valence-corrected chi connectivity index (χ0v) is 13.2. The van der Waals surface area contributed by atoms with E-state index in [4.69, 9.17) is 0 Å². The highest BCUT2D eigenvalue weighted by atomic mass is 16.1. The SMILES string of the molecule is CC.CC.CC1CCCCCNC1=O.CCC. The number of carbonyl (C=O) groups excluding carboxylic acids is 1. The Balaban J connectivity index is -0.000000239. The largest absolute Gasteiger partial charge is 0.356 e. The third-order valence-electron chi connectivity index (χ3n) is 2.06. The molecule has 0 aromatic rings. The Morgan fingerprint density at radius 2 is 1.53 bits per heavy atom. The molecule has 1 saturated heterocycles. The Morgan fingerprint density at radius 3 is 2.00 bits per heavy atom. The predicted octanol–water partition coefficient (Wildman–Crippen LogP) is 4.78. The molecule has 1 aliphatic rings. The molecule has 0 bridgehead atoms. The monoisotopic (exact) mass is 245 g/mol. The van der Waals surface area contributed by atoms with Crippen LogP contribution in [0, 0.1) is 5.92 Å². The van der Waals surface area contributed by atoms with E-state index in [9.17, 15) is 4.79 Å². The van der Waals surface area contributed by atoms with Gasteiger partial charge in [-0.3, -0.25) is 4.79 Å². The molecule has 106 valence electrons. The molecule has 2 heteroatoms. The maximum Gasteiger partial charge on any atom is 0.222 e. The van der Waals surface area contributed by atoms with E-state index in [0.717, 1.165) is 19.4 Å². The first-order chi connectivity index (χ1) is 8.22. The summed E-state index contributed by atoms with van der Waals surface area (Å²) >= 11 is 0. The van der Waals surface area contributed by atoms with Gasteiger partial charge in [0.05, 0.1) is 0 Å². The van der Waals surface area contributed by atoms with Gasteiger partial charge >= 0.3 is 0 Å². The quantitative estimate of drug-likeness (QED) is 0.653. The van der Waals surface area contributed by atoms with Crippen molar-refractivity contribution in [1.82, 2.24) is 5.32 Å². The van der Waals surface area contributed by atoms with Gasteiger partial charge in [0.25, 0.3) is 0 Å². The fourth-order valence-corrected chi connectivity index (χ4v) is 1.27. The number of hydrogen-bond donors (Lipinski definition) is 1. The van der Waals surface area contributed by atoms with E-state index in [1.807, 2.05) is 34.6 Å². The predicted molar refractivity (Wildman–Crippen MR) is 79.3 cm³/mol. The molecule has 0 saturated carbocycles. The highest BCUT2D eigenvalue weighted by Crippen LogP contribution is 2.11. The normalized spacial score (nSPS) is 18.5. The van der Waals surface area contributed by atoms with Gasteiger partial charge in [-0.1, -0.05) is 67.7 Å². The van der Waals surface area contributed by atoms with Crippen LogP contribution in [-0.2, 0) is 4.79 Å². The summed E-state index contributed by atoms with van der Waals surface area (Å²) in [7, 11) is 0. The molecule has 1 heterocycles. The average molecular weight is 245 g/mol. The first kappa shape index (κ1) is 21.7. The van der Waals surface area contributed by atoms with Crippen LogP contribution in [0.2, 0.25) is 0 Å². The zero-order chi connectivity index (χ0) is 14.1. The van der Waals surface area contributed by atoms with Gasteiger partial charge in [0, 0.05) is 12.5 Å². The number of amides is 1. The van der Waals surface area contributed by atoms with Crippen LogP contribution in [0.15, 0.2) is 0 Å². The summed E-state index contributed by atoms with van der Waals surface area (Å²) in [6.45, 7) is 15.1. The molecule has 0 aliphatic carbocycles. The molecule has 0 aromatic carbocycles. The van der Waals surface area contributed by atoms with Crippen LogP contribution in [0.1, 0.15) is 80.6 Å². The molecule has 1 rings (SSSR count). The molecule has 17 heavy (non-hydrogen) atoms. The lowest BCUT2D eigenvalue weighted by Crippen LogP contribution is -2.31. The van der Waals surface area contributed by atoms with Gasteiger partial charge in [-0.15, -0.1) is 0 Å².